The predicted octanol–water partition coefficient (Wildman–Crippen LogP) is 4.88. The molecule has 1 heterocycles. The molecule has 0 aromatic heterocycles. The summed E-state index contributed by atoms with van der Waals surface area (Å²) in [6, 6.07) is 19.1. The molecule has 0 unspecified atom stereocenters. The zero-order valence-corrected chi connectivity index (χ0v) is 10.2. The normalized spacial score (nSPS) is 14.1. The Morgan fingerprint density at radius 3 is 2.19 bits per heavy atom. The highest BCUT2D eigenvalue weighted by atomic mass is 32.2. The van der Waals surface area contributed by atoms with Crippen LogP contribution < -0.4 is 0 Å². The fraction of sp³-hybridized carbons (Fsp3) is 0. The van der Waals surface area contributed by atoms with Gasteiger partial charge in [-0.1, -0.05) is 66.0 Å². The van der Waals surface area contributed by atoms with Crippen LogP contribution in [0.3, 0.4) is 0 Å². The molecule has 0 radical (unpaired) electrons. The quantitative estimate of drug-likeness (QED) is 0.698. The highest BCUT2D eigenvalue weighted by Crippen LogP contribution is 2.45. The van der Waals surface area contributed by atoms with E-state index in [1.807, 2.05) is 23.5 Å². The lowest BCUT2D eigenvalue weighted by molar-refractivity contribution is 1.26. The fourth-order valence-electron chi connectivity index (χ4n) is 1.62. The minimum Gasteiger partial charge on any atom is -0.0957 e. The summed E-state index contributed by atoms with van der Waals surface area (Å²) >= 11 is 3.66. The molecule has 2 heteroatoms. The van der Waals surface area contributed by atoms with Crippen molar-refractivity contribution in [3.05, 3.63) is 65.6 Å². The number of hydrogen-bond donors (Lipinski definition) is 0. The third kappa shape index (κ3) is 1.91. The van der Waals surface area contributed by atoms with Gasteiger partial charge in [0.1, 0.15) is 0 Å². The summed E-state index contributed by atoms with van der Waals surface area (Å²) in [4.78, 5) is 4.05. The van der Waals surface area contributed by atoms with Gasteiger partial charge in [-0.2, -0.15) is 0 Å². The summed E-state index contributed by atoms with van der Waals surface area (Å²) in [7, 11) is 0. The topological polar surface area (TPSA) is 0 Å². The molecule has 1 aliphatic heterocycles. The number of rotatable bonds is 1. The highest BCUT2D eigenvalue weighted by Gasteiger charge is 2.12. The first-order valence-electron chi connectivity index (χ1n) is 5.12. The van der Waals surface area contributed by atoms with Gasteiger partial charge in [0.15, 0.2) is 0 Å². The van der Waals surface area contributed by atoms with E-state index in [0.29, 0.717) is 0 Å². The number of benzene rings is 2. The first kappa shape index (κ1) is 10.1. The van der Waals surface area contributed by atoms with Gasteiger partial charge in [0.05, 0.1) is 0 Å². The molecule has 0 saturated carbocycles. The molecule has 0 fully saturated rings. The van der Waals surface area contributed by atoms with Crippen LogP contribution in [-0.2, 0) is 0 Å². The van der Waals surface area contributed by atoms with E-state index in [1.165, 1.54) is 20.3 Å². The smallest absolute Gasteiger partial charge is 0.0262 e. The molecular weight excluding hydrogens is 232 g/mol. The van der Waals surface area contributed by atoms with Crippen LogP contribution in [0.2, 0.25) is 0 Å². The van der Waals surface area contributed by atoms with Crippen LogP contribution in [0, 0.1) is 0 Å². The summed E-state index contributed by atoms with van der Waals surface area (Å²) in [6.45, 7) is 0. The largest absolute Gasteiger partial charge is 0.0957 e. The van der Waals surface area contributed by atoms with Gasteiger partial charge in [-0.3, -0.25) is 0 Å². The third-order valence-corrected chi connectivity index (χ3v) is 4.81. The van der Waals surface area contributed by atoms with Crippen molar-refractivity contribution >= 4 is 28.4 Å². The molecule has 0 bridgehead atoms. The van der Waals surface area contributed by atoms with E-state index in [-0.39, 0.29) is 0 Å². The standard InChI is InChI=1S/C14H10S2/c1-2-6-11(7-3-1)14-10-15-12-8-4-5-9-13(12)16-14/h1-10H. The summed E-state index contributed by atoms with van der Waals surface area (Å²) in [5.41, 5.74) is 1.30. The maximum atomic E-state index is 2.24. The van der Waals surface area contributed by atoms with E-state index >= 15 is 0 Å². The van der Waals surface area contributed by atoms with Crippen molar-refractivity contribution in [2.45, 2.75) is 9.79 Å². The first-order valence-corrected chi connectivity index (χ1v) is 6.82. The van der Waals surface area contributed by atoms with Gasteiger partial charge in [0.2, 0.25) is 0 Å². The predicted molar refractivity (Wildman–Crippen MR) is 72.6 cm³/mol. The van der Waals surface area contributed by atoms with Crippen LogP contribution in [0.5, 0.6) is 0 Å². The summed E-state index contributed by atoms with van der Waals surface area (Å²) in [5.74, 6) is 0. The lowest BCUT2D eigenvalue weighted by Crippen LogP contribution is -1.85. The molecule has 0 atom stereocenters. The number of thioether (sulfide) groups is 2. The minimum atomic E-state index is 1.30. The first-order chi connectivity index (χ1) is 7.93. The van der Waals surface area contributed by atoms with Crippen molar-refractivity contribution in [1.29, 1.82) is 0 Å². The zero-order valence-electron chi connectivity index (χ0n) is 8.59. The lowest BCUT2D eigenvalue weighted by Gasteiger charge is -2.15. The molecule has 0 aliphatic carbocycles. The molecule has 0 saturated heterocycles. The van der Waals surface area contributed by atoms with Crippen LogP contribution in [0.4, 0.5) is 0 Å². The second-order valence-electron chi connectivity index (χ2n) is 3.51. The molecule has 16 heavy (non-hydrogen) atoms. The van der Waals surface area contributed by atoms with E-state index in [0.717, 1.165) is 0 Å². The van der Waals surface area contributed by atoms with Crippen molar-refractivity contribution < 1.29 is 0 Å². The Kier molecular flexibility index (Phi) is 2.77. The molecular formula is C14H10S2. The Labute approximate surface area is 104 Å². The van der Waals surface area contributed by atoms with E-state index < -0.39 is 0 Å². The van der Waals surface area contributed by atoms with Gasteiger partial charge in [0.25, 0.3) is 0 Å². The summed E-state index contributed by atoms with van der Waals surface area (Å²) in [6.07, 6.45) is 0. The number of hydrogen-bond acceptors (Lipinski definition) is 2. The van der Waals surface area contributed by atoms with E-state index in [9.17, 15) is 0 Å². The molecule has 78 valence electrons. The Hall–Kier alpha value is -1.12. The van der Waals surface area contributed by atoms with Crippen molar-refractivity contribution in [1.82, 2.24) is 0 Å². The Bertz CT molecular complexity index is 529. The van der Waals surface area contributed by atoms with Crippen LogP contribution >= 0.6 is 23.5 Å². The summed E-state index contributed by atoms with van der Waals surface area (Å²) < 4.78 is 0. The van der Waals surface area contributed by atoms with Gasteiger partial charge >= 0.3 is 0 Å². The van der Waals surface area contributed by atoms with E-state index in [1.54, 1.807) is 0 Å². The summed E-state index contributed by atoms with van der Waals surface area (Å²) in [5, 5.41) is 2.24. The highest BCUT2D eigenvalue weighted by molar-refractivity contribution is 8.12. The Morgan fingerprint density at radius 2 is 1.38 bits per heavy atom. The van der Waals surface area contributed by atoms with E-state index in [4.69, 9.17) is 0 Å². The lowest BCUT2D eigenvalue weighted by atomic mass is 10.2. The van der Waals surface area contributed by atoms with Crippen LogP contribution in [-0.4, -0.2) is 0 Å². The van der Waals surface area contributed by atoms with Gasteiger partial charge in [-0.15, -0.1) is 0 Å². The molecule has 3 rings (SSSR count). The Morgan fingerprint density at radius 1 is 0.688 bits per heavy atom. The van der Waals surface area contributed by atoms with Crippen LogP contribution in [0.1, 0.15) is 5.56 Å². The zero-order chi connectivity index (χ0) is 10.8. The SMILES string of the molecule is C1=C(c2ccccc2)Sc2ccccc2S1. The third-order valence-electron chi connectivity index (χ3n) is 2.42. The second-order valence-corrected chi connectivity index (χ2v) is 5.51. The minimum absolute atomic E-state index is 1.30. The molecule has 2 aromatic rings. The maximum Gasteiger partial charge on any atom is 0.0262 e. The van der Waals surface area contributed by atoms with E-state index in [2.05, 4.69) is 60.0 Å². The molecule has 0 N–H and O–H groups in total. The average molecular weight is 242 g/mol. The van der Waals surface area contributed by atoms with Crippen LogP contribution in [0.25, 0.3) is 4.91 Å². The number of fused-ring (bicyclic) bond motifs is 1. The second kappa shape index (κ2) is 4.40. The molecule has 1 aliphatic rings. The molecule has 0 amide bonds. The fourth-order valence-corrected chi connectivity index (χ4v) is 3.74. The molecule has 0 nitrogen and oxygen atoms in total. The van der Waals surface area contributed by atoms with Crippen molar-refractivity contribution in [2.24, 2.45) is 0 Å². The van der Waals surface area contributed by atoms with Crippen molar-refractivity contribution in [3.63, 3.8) is 0 Å². The average Bonchev–Trinajstić information content (AvgIpc) is 2.39. The van der Waals surface area contributed by atoms with Gasteiger partial charge in [-0.25, -0.2) is 0 Å². The van der Waals surface area contributed by atoms with Gasteiger partial charge in [0, 0.05) is 14.7 Å². The van der Waals surface area contributed by atoms with Crippen molar-refractivity contribution in [2.75, 3.05) is 0 Å². The molecule has 0 spiro atoms. The monoisotopic (exact) mass is 242 g/mol. The van der Waals surface area contributed by atoms with Gasteiger partial charge in [-0.05, 0) is 23.1 Å². The maximum absolute atomic E-state index is 2.24. The molecule has 2 aromatic carbocycles. The van der Waals surface area contributed by atoms with Crippen molar-refractivity contribution in [3.8, 4) is 0 Å². The van der Waals surface area contributed by atoms with Crippen LogP contribution in [0.15, 0.2) is 69.8 Å². The van der Waals surface area contributed by atoms with Gasteiger partial charge < -0.3 is 0 Å². The Balaban J connectivity index is 1.95.